The average molecular weight is 548 g/mol. The van der Waals surface area contributed by atoms with Gasteiger partial charge in [-0.3, -0.25) is 4.79 Å². The van der Waals surface area contributed by atoms with Gasteiger partial charge in [0.2, 0.25) is 29.4 Å². The molecule has 1 amide bonds. The quantitative estimate of drug-likeness (QED) is 0.520. The number of rotatable bonds is 6. The highest BCUT2D eigenvalue weighted by molar-refractivity contribution is 7.89. The molecule has 0 atom stereocenters. The summed E-state index contributed by atoms with van der Waals surface area (Å²) < 4.78 is 62.6. The number of ether oxygens (including phenoxy) is 6. The van der Waals surface area contributed by atoms with Gasteiger partial charge >= 0.3 is 0 Å². The van der Waals surface area contributed by atoms with Gasteiger partial charge in [-0.15, -0.1) is 0 Å². The number of sulfonamides is 1. The number of amides is 1. The fraction of sp³-hybridized carbons (Fsp3) is 0.480. The van der Waals surface area contributed by atoms with Crippen molar-refractivity contribution in [1.82, 2.24) is 14.1 Å². The van der Waals surface area contributed by atoms with Crippen LogP contribution in [0.4, 0.5) is 0 Å². The number of piperazine rings is 1. The second kappa shape index (κ2) is 9.71. The second-order valence-corrected chi connectivity index (χ2v) is 11.3. The van der Waals surface area contributed by atoms with E-state index in [1.807, 2.05) is 7.05 Å². The Kier molecular flexibility index (Phi) is 6.36. The zero-order valence-electron chi connectivity index (χ0n) is 21.2. The molecule has 13 heteroatoms. The first kappa shape index (κ1) is 24.9. The van der Waals surface area contributed by atoms with E-state index in [0.717, 1.165) is 5.56 Å². The van der Waals surface area contributed by atoms with Crippen molar-refractivity contribution in [3.05, 3.63) is 29.3 Å². The number of fused-ring (bicyclic) bond motifs is 3. The molecular weight excluding hydrogens is 518 g/mol. The summed E-state index contributed by atoms with van der Waals surface area (Å²) in [7, 11) is -0.394. The number of carbonyl (C=O) groups excluding carboxylic acids is 1. The van der Waals surface area contributed by atoms with Crippen LogP contribution < -0.4 is 28.4 Å². The Morgan fingerprint density at radius 2 is 1.68 bits per heavy atom. The Bertz CT molecular complexity index is 1370. The Morgan fingerprint density at radius 3 is 2.47 bits per heavy atom. The lowest BCUT2D eigenvalue weighted by molar-refractivity contribution is -0.134. The van der Waals surface area contributed by atoms with Gasteiger partial charge in [-0.1, -0.05) is 0 Å². The molecule has 0 unspecified atom stereocenters. The summed E-state index contributed by atoms with van der Waals surface area (Å²) in [5.74, 6) is 2.54. The summed E-state index contributed by atoms with van der Waals surface area (Å²) in [6, 6.07) is 5.12. The minimum Gasteiger partial charge on any atom is -0.492 e. The molecule has 1 saturated heterocycles. The Labute approximate surface area is 220 Å². The number of nitrogens with zero attached hydrogens (tertiary/aromatic N) is 3. The van der Waals surface area contributed by atoms with E-state index in [0.29, 0.717) is 53.8 Å². The van der Waals surface area contributed by atoms with E-state index in [9.17, 15) is 13.2 Å². The van der Waals surface area contributed by atoms with Crippen molar-refractivity contribution in [1.29, 1.82) is 0 Å². The molecule has 38 heavy (non-hydrogen) atoms. The average Bonchev–Trinajstić information content (AvgIpc) is 3.59. The van der Waals surface area contributed by atoms with Crippen LogP contribution in [0.5, 0.6) is 34.5 Å². The van der Waals surface area contributed by atoms with Crippen molar-refractivity contribution in [2.45, 2.75) is 17.9 Å². The van der Waals surface area contributed by atoms with Crippen molar-refractivity contribution >= 4 is 15.9 Å². The van der Waals surface area contributed by atoms with Crippen LogP contribution in [0.15, 0.2) is 23.1 Å². The number of methoxy groups -OCH3 is 1. The van der Waals surface area contributed by atoms with Crippen molar-refractivity contribution in [3.8, 4) is 34.5 Å². The van der Waals surface area contributed by atoms with Crippen molar-refractivity contribution in [3.63, 3.8) is 0 Å². The minimum atomic E-state index is -3.92. The van der Waals surface area contributed by atoms with Gasteiger partial charge in [-0.05, 0) is 31.2 Å². The van der Waals surface area contributed by atoms with Crippen LogP contribution in [0.1, 0.15) is 11.1 Å². The third kappa shape index (κ3) is 4.24. The first-order chi connectivity index (χ1) is 18.4. The molecule has 4 aliphatic rings. The molecule has 0 spiro atoms. The number of benzene rings is 2. The van der Waals surface area contributed by atoms with Gasteiger partial charge in [0.1, 0.15) is 10.6 Å². The summed E-state index contributed by atoms with van der Waals surface area (Å²) in [4.78, 5) is 16.7. The summed E-state index contributed by atoms with van der Waals surface area (Å²) in [6.07, 6.45) is 0.545. The largest absolute Gasteiger partial charge is 0.492 e. The SMILES string of the molecule is COc1c2c(c(S(=O)(=O)N3CCN(C(=O)COc4ccc5c(c4)OCO5)CC3)c3c1OCO3)CCN(C)C2. The second-order valence-electron chi connectivity index (χ2n) is 9.46. The molecule has 0 radical (unpaired) electrons. The molecule has 1 fully saturated rings. The van der Waals surface area contributed by atoms with E-state index in [1.165, 1.54) is 4.31 Å². The first-order valence-corrected chi connectivity index (χ1v) is 13.8. The first-order valence-electron chi connectivity index (χ1n) is 12.4. The molecule has 0 saturated carbocycles. The number of likely N-dealkylation sites (N-methyl/N-ethyl adjacent to an activating group) is 1. The normalized spacial score (nSPS) is 18.8. The van der Waals surface area contributed by atoms with Gasteiger partial charge in [-0.25, -0.2) is 8.42 Å². The topological polar surface area (TPSA) is 116 Å². The van der Waals surface area contributed by atoms with Crippen LogP contribution in [-0.4, -0.2) is 95.5 Å². The predicted octanol–water partition coefficient (Wildman–Crippen LogP) is 1.05. The van der Waals surface area contributed by atoms with E-state index in [4.69, 9.17) is 28.4 Å². The molecule has 204 valence electrons. The van der Waals surface area contributed by atoms with Gasteiger partial charge in [0.25, 0.3) is 5.91 Å². The van der Waals surface area contributed by atoms with Crippen LogP contribution in [-0.2, 0) is 27.8 Å². The highest BCUT2D eigenvalue weighted by atomic mass is 32.2. The molecule has 0 aliphatic carbocycles. The maximum Gasteiger partial charge on any atom is 0.260 e. The van der Waals surface area contributed by atoms with Gasteiger partial charge in [-0.2, -0.15) is 4.31 Å². The standard InChI is InChI=1S/C25H29N3O9S/c1-26-6-5-17-18(12-26)22(32-2)23-24(37-15-36-23)25(17)38(30,31)28-9-7-27(8-10-28)21(29)13-33-16-3-4-19-20(11-16)35-14-34-19/h3-4,11H,5-10,12-15H2,1-2H3. The summed E-state index contributed by atoms with van der Waals surface area (Å²) in [5.41, 5.74) is 1.51. The van der Waals surface area contributed by atoms with Crippen LogP contribution in [0.25, 0.3) is 0 Å². The lowest BCUT2D eigenvalue weighted by Crippen LogP contribution is -2.51. The van der Waals surface area contributed by atoms with E-state index in [-0.39, 0.29) is 62.9 Å². The number of hydrogen-bond acceptors (Lipinski definition) is 10. The van der Waals surface area contributed by atoms with Crippen LogP contribution in [0.3, 0.4) is 0 Å². The Balaban J connectivity index is 1.17. The number of hydrogen-bond donors (Lipinski definition) is 0. The lowest BCUT2D eigenvalue weighted by atomic mass is 9.97. The monoisotopic (exact) mass is 547 g/mol. The smallest absolute Gasteiger partial charge is 0.260 e. The third-order valence-corrected chi connectivity index (χ3v) is 9.20. The van der Waals surface area contributed by atoms with Crippen molar-refractivity contribution in [2.24, 2.45) is 0 Å². The van der Waals surface area contributed by atoms with Gasteiger partial charge in [0, 0.05) is 50.9 Å². The minimum absolute atomic E-state index is 0.0708. The summed E-state index contributed by atoms with van der Waals surface area (Å²) in [5, 5.41) is 0. The highest BCUT2D eigenvalue weighted by Crippen LogP contribution is 2.51. The Hall–Kier alpha value is -3.42. The van der Waals surface area contributed by atoms with E-state index in [2.05, 4.69) is 4.90 Å². The molecule has 6 rings (SSSR count). The molecule has 0 aromatic heterocycles. The summed E-state index contributed by atoms with van der Waals surface area (Å²) >= 11 is 0. The molecule has 0 bridgehead atoms. The van der Waals surface area contributed by atoms with E-state index < -0.39 is 10.0 Å². The molecule has 4 aliphatic heterocycles. The zero-order valence-corrected chi connectivity index (χ0v) is 22.0. The van der Waals surface area contributed by atoms with Crippen LogP contribution in [0, 0.1) is 0 Å². The maximum absolute atomic E-state index is 14.0. The summed E-state index contributed by atoms with van der Waals surface area (Å²) in [6.45, 7) is 2.01. The van der Waals surface area contributed by atoms with Crippen molar-refractivity contribution < 1.29 is 41.6 Å². The van der Waals surface area contributed by atoms with E-state index >= 15 is 0 Å². The molecule has 0 N–H and O–H groups in total. The van der Waals surface area contributed by atoms with Gasteiger partial charge in [0.05, 0.1) is 7.11 Å². The maximum atomic E-state index is 14.0. The fourth-order valence-electron chi connectivity index (χ4n) is 5.25. The van der Waals surface area contributed by atoms with Crippen LogP contribution >= 0.6 is 0 Å². The lowest BCUT2D eigenvalue weighted by Gasteiger charge is -2.35. The third-order valence-electron chi connectivity index (χ3n) is 7.21. The van der Waals surface area contributed by atoms with Gasteiger partial charge in [0.15, 0.2) is 29.6 Å². The Morgan fingerprint density at radius 1 is 0.947 bits per heavy atom. The van der Waals surface area contributed by atoms with Crippen LogP contribution in [0.2, 0.25) is 0 Å². The molecule has 2 aromatic rings. The fourth-order valence-corrected chi connectivity index (χ4v) is 7.07. The molecule has 12 nitrogen and oxygen atoms in total. The highest BCUT2D eigenvalue weighted by Gasteiger charge is 2.41. The molecule has 4 heterocycles. The van der Waals surface area contributed by atoms with Crippen molar-refractivity contribution in [2.75, 3.05) is 67.1 Å². The van der Waals surface area contributed by atoms with E-state index in [1.54, 1.807) is 30.2 Å². The molecule has 2 aromatic carbocycles. The zero-order chi connectivity index (χ0) is 26.4. The number of carbonyl (C=O) groups is 1. The predicted molar refractivity (Wildman–Crippen MR) is 133 cm³/mol. The van der Waals surface area contributed by atoms with Gasteiger partial charge < -0.3 is 38.2 Å². The molecular formula is C25H29N3O9S.